The summed E-state index contributed by atoms with van der Waals surface area (Å²) in [6.45, 7) is 4.43. The molecule has 2 fully saturated rings. The van der Waals surface area contributed by atoms with Crippen LogP contribution in [0, 0.1) is 5.92 Å². The minimum Gasteiger partial charge on any atom is -0.369 e. The van der Waals surface area contributed by atoms with Crippen molar-refractivity contribution in [2.24, 2.45) is 11.7 Å². The highest BCUT2D eigenvalue weighted by molar-refractivity contribution is 6.30. The number of anilines is 1. The Morgan fingerprint density at radius 3 is 2.53 bits per heavy atom. The molecule has 0 saturated carbocycles. The summed E-state index contributed by atoms with van der Waals surface area (Å²) in [6.07, 6.45) is 7.41. The molecule has 1 unspecified atom stereocenters. The standard InChI is InChI=1S/C22H29ClN6O/c23-17-4-5-19-15(13-17)12-16(21(24)30)14-20-25-26-22(29(19)20)28-10-6-18(7-11-28)27-8-2-1-3-9-27/h4-5,13,16,18H,1-3,6-12,14H2,(H2,24,30). The zero-order valence-electron chi connectivity index (χ0n) is 17.3. The van der Waals surface area contributed by atoms with Gasteiger partial charge in [0.05, 0.1) is 5.69 Å². The molecule has 0 spiro atoms. The molecule has 1 amide bonds. The fraction of sp³-hybridized carbons (Fsp3) is 0.591. The van der Waals surface area contributed by atoms with Gasteiger partial charge in [-0.3, -0.25) is 9.36 Å². The van der Waals surface area contributed by atoms with E-state index in [1.165, 1.54) is 32.4 Å². The number of piperidine rings is 2. The molecule has 2 aromatic rings. The molecule has 1 aromatic heterocycles. The third-order valence-electron chi connectivity index (χ3n) is 6.95. The van der Waals surface area contributed by atoms with E-state index in [0.29, 0.717) is 23.9 Å². The first-order valence-corrected chi connectivity index (χ1v) is 11.5. The molecular weight excluding hydrogens is 400 g/mol. The number of halogens is 1. The number of aromatic nitrogens is 3. The van der Waals surface area contributed by atoms with Gasteiger partial charge in [0.15, 0.2) is 0 Å². The molecule has 1 atom stereocenters. The maximum Gasteiger partial charge on any atom is 0.231 e. The first kappa shape index (κ1) is 19.8. The number of rotatable bonds is 3. The molecule has 3 aliphatic heterocycles. The largest absolute Gasteiger partial charge is 0.369 e. The summed E-state index contributed by atoms with van der Waals surface area (Å²) in [5.41, 5.74) is 7.71. The minimum absolute atomic E-state index is 0.301. The lowest BCUT2D eigenvalue weighted by Gasteiger charge is -2.40. The molecule has 7 nitrogen and oxygen atoms in total. The van der Waals surface area contributed by atoms with Crippen molar-refractivity contribution in [3.63, 3.8) is 0 Å². The van der Waals surface area contributed by atoms with Crippen LogP contribution in [-0.2, 0) is 17.6 Å². The van der Waals surface area contributed by atoms with Crippen LogP contribution < -0.4 is 10.6 Å². The van der Waals surface area contributed by atoms with Crippen LogP contribution in [0.3, 0.4) is 0 Å². The zero-order valence-corrected chi connectivity index (χ0v) is 18.0. The first-order valence-electron chi connectivity index (χ1n) is 11.1. The number of fused-ring (bicyclic) bond motifs is 3. The third kappa shape index (κ3) is 3.69. The summed E-state index contributed by atoms with van der Waals surface area (Å²) in [5, 5.41) is 9.70. The topological polar surface area (TPSA) is 80.3 Å². The number of benzene rings is 1. The number of carbonyl (C=O) groups excluding carboxylic acids is 1. The van der Waals surface area contributed by atoms with Gasteiger partial charge in [-0.15, -0.1) is 10.2 Å². The van der Waals surface area contributed by atoms with E-state index in [4.69, 9.17) is 17.3 Å². The van der Waals surface area contributed by atoms with Crippen molar-refractivity contribution < 1.29 is 4.79 Å². The molecule has 0 bridgehead atoms. The second-order valence-electron chi connectivity index (χ2n) is 8.85. The van der Waals surface area contributed by atoms with Crippen LogP contribution in [0.15, 0.2) is 18.2 Å². The summed E-state index contributed by atoms with van der Waals surface area (Å²) >= 11 is 6.26. The Labute approximate surface area is 182 Å². The van der Waals surface area contributed by atoms with Crippen molar-refractivity contribution in [2.75, 3.05) is 31.1 Å². The lowest BCUT2D eigenvalue weighted by molar-refractivity contribution is -0.121. The van der Waals surface area contributed by atoms with Gasteiger partial charge in [0.25, 0.3) is 0 Å². The normalized spacial score (nSPS) is 23.0. The predicted molar refractivity (Wildman–Crippen MR) is 117 cm³/mol. The number of hydrogen-bond acceptors (Lipinski definition) is 5. The Balaban J connectivity index is 1.43. The smallest absolute Gasteiger partial charge is 0.231 e. The van der Waals surface area contributed by atoms with Gasteiger partial charge in [0, 0.05) is 36.5 Å². The van der Waals surface area contributed by atoms with Gasteiger partial charge >= 0.3 is 0 Å². The predicted octanol–water partition coefficient (Wildman–Crippen LogP) is 2.58. The molecule has 3 aliphatic rings. The van der Waals surface area contributed by atoms with E-state index in [1.807, 2.05) is 18.2 Å². The molecule has 30 heavy (non-hydrogen) atoms. The van der Waals surface area contributed by atoms with Gasteiger partial charge in [0.2, 0.25) is 11.9 Å². The van der Waals surface area contributed by atoms with Crippen LogP contribution in [0.2, 0.25) is 5.02 Å². The molecule has 5 rings (SSSR count). The lowest BCUT2D eigenvalue weighted by atomic mass is 9.96. The number of carbonyl (C=O) groups is 1. The zero-order chi connectivity index (χ0) is 20.7. The number of nitrogens with two attached hydrogens (primary N) is 1. The van der Waals surface area contributed by atoms with E-state index >= 15 is 0 Å². The fourth-order valence-corrected chi connectivity index (χ4v) is 5.50. The maximum absolute atomic E-state index is 12.0. The van der Waals surface area contributed by atoms with Crippen LogP contribution in [0.5, 0.6) is 0 Å². The van der Waals surface area contributed by atoms with Crippen molar-refractivity contribution in [1.82, 2.24) is 19.7 Å². The van der Waals surface area contributed by atoms with Gasteiger partial charge in [-0.2, -0.15) is 0 Å². The second kappa shape index (κ2) is 8.19. The van der Waals surface area contributed by atoms with Crippen molar-refractivity contribution in [3.8, 4) is 5.69 Å². The molecule has 2 saturated heterocycles. The second-order valence-corrected chi connectivity index (χ2v) is 9.28. The monoisotopic (exact) mass is 428 g/mol. The van der Waals surface area contributed by atoms with Crippen LogP contribution in [0.25, 0.3) is 5.69 Å². The Kier molecular flexibility index (Phi) is 5.41. The maximum atomic E-state index is 12.0. The number of amides is 1. The van der Waals surface area contributed by atoms with E-state index in [-0.39, 0.29) is 11.8 Å². The summed E-state index contributed by atoms with van der Waals surface area (Å²) in [6, 6.07) is 6.52. The molecule has 160 valence electrons. The molecule has 0 radical (unpaired) electrons. The highest BCUT2D eigenvalue weighted by atomic mass is 35.5. The van der Waals surface area contributed by atoms with E-state index in [1.54, 1.807) is 0 Å². The van der Waals surface area contributed by atoms with E-state index in [2.05, 4.69) is 24.6 Å². The SMILES string of the molecule is NC(=O)C1Cc2cc(Cl)ccc2-n2c(nnc2N2CCC(N3CCCCC3)CC2)C1. The molecule has 1 aromatic carbocycles. The fourth-order valence-electron chi connectivity index (χ4n) is 5.30. The average Bonchev–Trinajstić information content (AvgIpc) is 3.10. The van der Waals surface area contributed by atoms with E-state index in [0.717, 1.165) is 49.0 Å². The van der Waals surface area contributed by atoms with Crippen LogP contribution >= 0.6 is 11.6 Å². The van der Waals surface area contributed by atoms with Crippen molar-refractivity contribution in [3.05, 3.63) is 34.6 Å². The molecule has 8 heteroatoms. The van der Waals surface area contributed by atoms with Gasteiger partial charge in [-0.1, -0.05) is 18.0 Å². The van der Waals surface area contributed by atoms with Crippen molar-refractivity contribution in [1.29, 1.82) is 0 Å². The molecule has 4 heterocycles. The van der Waals surface area contributed by atoms with Gasteiger partial charge < -0.3 is 15.5 Å². The summed E-state index contributed by atoms with van der Waals surface area (Å²) in [7, 11) is 0. The molecule has 0 aliphatic carbocycles. The Bertz CT molecular complexity index is 930. The number of nitrogens with zero attached hydrogens (tertiary/aromatic N) is 5. The number of hydrogen-bond donors (Lipinski definition) is 1. The number of primary amides is 1. The van der Waals surface area contributed by atoms with E-state index in [9.17, 15) is 4.79 Å². The Morgan fingerprint density at radius 1 is 1.03 bits per heavy atom. The van der Waals surface area contributed by atoms with Crippen molar-refractivity contribution >= 4 is 23.5 Å². The Hall–Kier alpha value is -2.12. The first-order chi connectivity index (χ1) is 14.6. The third-order valence-corrected chi connectivity index (χ3v) is 7.18. The highest BCUT2D eigenvalue weighted by Gasteiger charge is 2.32. The minimum atomic E-state index is -0.304. The summed E-state index contributed by atoms with van der Waals surface area (Å²) < 4.78 is 2.12. The van der Waals surface area contributed by atoms with Crippen LogP contribution in [0.4, 0.5) is 5.95 Å². The molecular formula is C22H29ClN6O. The summed E-state index contributed by atoms with van der Waals surface area (Å²) in [4.78, 5) is 17.1. The number of likely N-dealkylation sites (tertiary alicyclic amines) is 1. The van der Waals surface area contributed by atoms with Crippen molar-refractivity contribution in [2.45, 2.75) is 51.0 Å². The average molecular weight is 429 g/mol. The summed E-state index contributed by atoms with van der Waals surface area (Å²) in [5.74, 6) is 1.07. The highest BCUT2D eigenvalue weighted by Crippen LogP contribution is 2.33. The van der Waals surface area contributed by atoms with Gasteiger partial charge in [-0.25, -0.2) is 0 Å². The van der Waals surface area contributed by atoms with Crippen LogP contribution in [0.1, 0.15) is 43.5 Å². The Morgan fingerprint density at radius 2 is 1.80 bits per heavy atom. The lowest BCUT2D eigenvalue weighted by Crippen LogP contribution is -2.47. The van der Waals surface area contributed by atoms with E-state index < -0.39 is 0 Å². The quantitative estimate of drug-likeness (QED) is 0.812. The molecule has 2 N–H and O–H groups in total. The van der Waals surface area contributed by atoms with Gasteiger partial charge in [-0.05, 0) is 69.0 Å². The van der Waals surface area contributed by atoms with Crippen LogP contribution in [-0.4, -0.2) is 57.8 Å². The van der Waals surface area contributed by atoms with Gasteiger partial charge in [0.1, 0.15) is 5.82 Å².